The predicted octanol–water partition coefficient (Wildman–Crippen LogP) is 5.00. The Morgan fingerprint density at radius 1 is 0.969 bits per heavy atom. The van der Waals surface area contributed by atoms with Crippen LogP contribution in [0.15, 0.2) is 62.7 Å². The first-order valence-corrected chi connectivity index (χ1v) is 14.3. The van der Waals surface area contributed by atoms with E-state index in [0.717, 1.165) is 68.6 Å². The topological polar surface area (TPSA) is 57.6 Å². The zero-order valence-electron chi connectivity index (χ0n) is 18.6. The number of hydrogen-bond donors (Lipinski definition) is 1. The second-order valence-electron chi connectivity index (χ2n) is 9.48. The van der Waals surface area contributed by atoms with Gasteiger partial charge in [-0.3, -0.25) is 0 Å². The van der Waals surface area contributed by atoms with Crippen LogP contribution in [-0.2, 0) is 9.84 Å². The minimum absolute atomic E-state index is 0.0925. The fraction of sp³-hybridized carbons (Fsp3) is 0.462. The van der Waals surface area contributed by atoms with Crippen molar-refractivity contribution >= 4 is 27.2 Å². The molecule has 2 aliphatic heterocycles. The molecule has 5 rings (SSSR count). The number of aliphatic hydroxyl groups is 1. The third-order valence-corrected chi connectivity index (χ3v) is 9.43. The molecule has 1 aliphatic carbocycles. The van der Waals surface area contributed by atoms with Gasteiger partial charge >= 0.3 is 0 Å². The molecule has 0 amide bonds. The molecule has 2 heterocycles. The molecule has 0 aromatic heterocycles. The SMILES string of the molecule is CS(=O)(=O)c1ccc2c(c1)C(=C1CCN(CC3CCC(O)CC3)CC1)c1ccccc1S2. The fourth-order valence-corrected chi connectivity index (χ4v) is 7.10. The quantitative estimate of drug-likeness (QED) is 0.585. The van der Waals surface area contributed by atoms with Crippen LogP contribution >= 0.6 is 11.8 Å². The molecular formula is C26H31NO3S2. The van der Waals surface area contributed by atoms with E-state index in [4.69, 9.17) is 0 Å². The van der Waals surface area contributed by atoms with Gasteiger partial charge in [-0.2, -0.15) is 0 Å². The largest absolute Gasteiger partial charge is 0.393 e. The fourth-order valence-electron chi connectivity index (χ4n) is 5.38. The summed E-state index contributed by atoms with van der Waals surface area (Å²) in [6.07, 6.45) is 7.40. The first-order valence-electron chi connectivity index (χ1n) is 11.6. The molecule has 0 spiro atoms. The molecule has 1 N–H and O–H groups in total. The molecule has 2 aromatic carbocycles. The third kappa shape index (κ3) is 4.56. The molecule has 170 valence electrons. The van der Waals surface area contributed by atoms with E-state index < -0.39 is 9.84 Å². The number of likely N-dealkylation sites (tertiary alicyclic amines) is 1. The van der Waals surface area contributed by atoms with Crippen molar-refractivity contribution in [2.75, 3.05) is 25.9 Å². The van der Waals surface area contributed by atoms with Gasteiger partial charge < -0.3 is 10.0 Å². The van der Waals surface area contributed by atoms with Crippen molar-refractivity contribution in [3.05, 3.63) is 59.2 Å². The number of sulfone groups is 1. The molecule has 2 aromatic rings. The first kappa shape index (κ1) is 22.2. The summed E-state index contributed by atoms with van der Waals surface area (Å²) >= 11 is 1.73. The molecule has 0 atom stereocenters. The molecule has 32 heavy (non-hydrogen) atoms. The van der Waals surface area contributed by atoms with Gasteiger partial charge in [-0.05, 0) is 85.4 Å². The second-order valence-corrected chi connectivity index (χ2v) is 12.6. The molecule has 3 aliphatic rings. The van der Waals surface area contributed by atoms with Crippen molar-refractivity contribution in [3.63, 3.8) is 0 Å². The number of piperidine rings is 1. The summed E-state index contributed by atoms with van der Waals surface area (Å²) in [6.45, 7) is 3.24. The van der Waals surface area contributed by atoms with Crippen LogP contribution in [0.2, 0.25) is 0 Å². The highest BCUT2D eigenvalue weighted by Gasteiger charge is 2.28. The van der Waals surface area contributed by atoms with E-state index in [9.17, 15) is 13.5 Å². The van der Waals surface area contributed by atoms with Gasteiger partial charge in [0.1, 0.15) is 0 Å². The Morgan fingerprint density at radius 2 is 1.66 bits per heavy atom. The van der Waals surface area contributed by atoms with Crippen LogP contribution in [-0.4, -0.2) is 50.4 Å². The monoisotopic (exact) mass is 469 g/mol. The van der Waals surface area contributed by atoms with Gasteiger partial charge in [-0.15, -0.1) is 0 Å². The maximum Gasteiger partial charge on any atom is 0.175 e. The molecule has 1 saturated carbocycles. The van der Waals surface area contributed by atoms with Gasteiger partial charge in [0.05, 0.1) is 11.0 Å². The molecule has 6 heteroatoms. The number of hydrogen-bond acceptors (Lipinski definition) is 5. The van der Waals surface area contributed by atoms with Crippen LogP contribution in [0.1, 0.15) is 49.7 Å². The molecule has 4 nitrogen and oxygen atoms in total. The second kappa shape index (κ2) is 8.98. The third-order valence-electron chi connectivity index (χ3n) is 7.17. The lowest BCUT2D eigenvalue weighted by molar-refractivity contribution is 0.0923. The van der Waals surface area contributed by atoms with E-state index >= 15 is 0 Å². The number of fused-ring (bicyclic) bond motifs is 2. The number of benzene rings is 2. The van der Waals surface area contributed by atoms with Crippen molar-refractivity contribution in [2.45, 2.75) is 59.3 Å². The van der Waals surface area contributed by atoms with Crippen LogP contribution in [0.5, 0.6) is 0 Å². The van der Waals surface area contributed by atoms with Gasteiger partial charge in [-0.1, -0.05) is 35.5 Å². The first-order chi connectivity index (χ1) is 15.4. The lowest BCUT2D eigenvalue weighted by atomic mass is 9.85. The summed E-state index contributed by atoms with van der Waals surface area (Å²) in [5, 5.41) is 9.78. The van der Waals surface area contributed by atoms with Crippen LogP contribution in [0.3, 0.4) is 0 Å². The summed E-state index contributed by atoms with van der Waals surface area (Å²) in [6, 6.07) is 14.1. The van der Waals surface area contributed by atoms with Gasteiger partial charge in [-0.25, -0.2) is 8.42 Å². The van der Waals surface area contributed by atoms with Gasteiger partial charge in [0, 0.05) is 35.7 Å². The number of aliphatic hydroxyl groups excluding tert-OH is 1. The Balaban J connectivity index is 1.44. The van der Waals surface area contributed by atoms with Crippen LogP contribution in [0.25, 0.3) is 5.57 Å². The van der Waals surface area contributed by atoms with E-state index in [-0.39, 0.29) is 6.10 Å². The summed E-state index contributed by atoms with van der Waals surface area (Å²) in [5.41, 5.74) is 5.00. The highest BCUT2D eigenvalue weighted by atomic mass is 32.2. The number of nitrogens with zero attached hydrogens (tertiary/aromatic N) is 1. The highest BCUT2D eigenvalue weighted by molar-refractivity contribution is 7.99. The number of rotatable bonds is 3. The molecule has 0 unspecified atom stereocenters. The molecular weight excluding hydrogens is 438 g/mol. The summed E-state index contributed by atoms with van der Waals surface area (Å²) in [7, 11) is -3.25. The van der Waals surface area contributed by atoms with Gasteiger partial charge in [0.25, 0.3) is 0 Å². The Kier molecular flexibility index (Phi) is 6.23. The lowest BCUT2D eigenvalue weighted by Crippen LogP contribution is -2.36. The summed E-state index contributed by atoms with van der Waals surface area (Å²) in [5.74, 6) is 0.706. The Morgan fingerprint density at radius 3 is 2.38 bits per heavy atom. The zero-order valence-corrected chi connectivity index (χ0v) is 20.2. The average molecular weight is 470 g/mol. The van der Waals surface area contributed by atoms with Crippen molar-refractivity contribution in [1.82, 2.24) is 4.90 Å². The smallest absolute Gasteiger partial charge is 0.175 e. The van der Waals surface area contributed by atoms with Crippen molar-refractivity contribution in [2.24, 2.45) is 5.92 Å². The minimum Gasteiger partial charge on any atom is -0.393 e. The molecule has 2 fully saturated rings. The Bertz CT molecular complexity index is 1140. The zero-order chi connectivity index (χ0) is 22.3. The van der Waals surface area contributed by atoms with E-state index in [0.29, 0.717) is 10.8 Å². The van der Waals surface area contributed by atoms with Crippen LogP contribution < -0.4 is 0 Å². The van der Waals surface area contributed by atoms with Crippen molar-refractivity contribution in [3.8, 4) is 0 Å². The summed E-state index contributed by atoms with van der Waals surface area (Å²) in [4.78, 5) is 5.37. The summed E-state index contributed by atoms with van der Waals surface area (Å²) < 4.78 is 24.5. The highest BCUT2D eigenvalue weighted by Crippen LogP contribution is 2.48. The van der Waals surface area contributed by atoms with Crippen molar-refractivity contribution in [1.29, 1.82) is 0 Å². The minimum atomic E-state index is -3.25. The predicted molar refractivity (Wildman–Crippen MR) is 130 cm³/mol. The standard InChI is InChI=1S/C26H31NO3S2/c1-32(29,30)21-10-11-25-23(16-21)26(22-4-2-3-5-24(22)31-25)19-12-14-27(15-13-19)17-18-6-8-20(28)9-7-18/h2-5,10-11,16,18,20,28H,6-9,12-15,17H2,1H3. The normalized spacial score (nSPS) is 24.2. The van der Waals surface area contributed by atoms with Crippen LogP contribution in [0.4, 0.5) is 0 Å². The van der Waals surface area contributed by atoms with Gasteiger partial charge in [0.2, 0.25) is 0 Å². The average Bonchev–Trinajstić information content (AvgIpc) is 2.79. The Labute approximate surface area is 195 Å². The molecule has 0 radical (unpaired) electrons. The van der Waals surface area contributed by atoms with Crippen molar-refractivity contribution < 1.29 is 13.5 Å². The Hall–Kier alpha value is -1.60. The van der Waals surface area contributed by atoms with E-state index in [1.165, 1.54) is 27.9 Å². The lowest BCUT2D eigenvalue weighted by Gasteiger charge is -2.35. The van der Waals surface area contributed by atoms with Gasteiger partial charge in [0.15, 0.2) is 9.84 Å². The maximum atomic E-state index is 12.3. The van der Waals surface area contributed by atoms with E-state index in [2.05, 4.69) is 29.2 Å². The molecule has 0 bridgehead atoms. The van der Waals surface area contributed by atoms with E-state index in [1.807, 2.05) is 12.1 Å². The van der Waals surface area contributed by atoms with E-state index in [1.54, 1.807) is 17.8 Å². The molecule has 1 saturated heterocycles. The van der Waals surface area contributed by atoms with Crippen LogP contribution in [0, 0.1) is 5.92 Å². The maximum absolute atomic E-state index is 12.3.